The Morgan fingerprint density at radius 1 is 1.21 bits per heavy atom. The molecule has 0 bridgehead atoms. The Kier molecular flexibility index (Phi) is 5.99. The van der Waals surface area contributed by atoms with Gasteiger partial charge in [-0.2, -0.15) is 0 Å². The van der Waals surface area contributed by atoms with Crippen LogP contribution < -0.4 is 14.8 Å². The number of aromatic nitrogens is 3. The Morgan fingerprint density at radius 3 is 2.57 bits per heavy atom. The quantitative estimate of drug-likeness (QED) is 0.633. The summed E-state index contributed by atoms with van der Waals surface area (Å²) >= 11 is 6.40. The maximum Gasteiger partial charge on any atom is 0.238 e. The molecule has 8 nitrogen and oxygen atoms in total. The van der Waals surface area contributed by atoms with Crippen molar-refractivity contribution < 1.29 is 18.7 Å². The first-order valence-electron chi connectivity index (χ1n) is 8.82. The van der Waals surface area contributed by atoms with Gasteiger partial charge in [-0.15, -0.1) is 0 Å². The minimum atomic E-state index is -0.140. The minimum absolute atomic E-state index is 0.118. The largest absolute Gasteiger partial charge is 0.474 e. The summed E-state index contributed by atoms with van der Waals surface area (Å²) in [6.07, 6.45) is 2.87. The van der Waals surface area contributed by atoms with E-state index in [0.717, 1.165) is 0 Å². The van der Waals surface area contributed by atoms with Crippen LogP contribution in [0.5, 0.6) is 17.5 Å². The molecule has 0 aliphatic carbocycles. The number of rotatable bonds is 7. The van der Waals surface area contributed by atoms with E-state index < -0.39 is 0 Å². The van der Waals surface area contributed by atoms with E-state index in [0.29, 0.717) is 33.6 Å². The lowest BCUT2D eigenvalue weighted by Crippen LogP contribution is -2.35. The second kappa shape index (κ2) is 8.43. The van der Waals surface area contributed by atoms with Crippen molar-refractivity contribution in [1.82, 2.24) is 20.3 Å². The van der Waals surface area contributed by atoms with Gasteiger partial charge in [0.1, 0.15) is 17.1 Å². The average molecular weight is 405 g/mol. The summed E-state index contributed by atoms with van der Waals surface area (Å²) in [7, 11) is 0. The molecule has 1 atom stereocenters. The number of nitrogens with one attached hydrogen (secondary N) is 1. The molecule has 0 saturated carbocycles. The molecule has 0 fully saturated rings. The summed E-state index contributed by atoms with van der Waals surface area (Å²) in [6, 6.07) is 3.34. The molecule has 3 aromatic rings. The van der Waals surface area contributed by atoms with Gasteiger partial charge >= 0.3 is 0 Å². The topological polar surface area (TPSA) is 99.4 Å². The molecule has 1 amide bonds. The van der Waals surface area contributed by atoms with Gasteiger partial charge in [0.05, 0.1) is 18.4 Å². The van der Waals surface area contributed by atoms with Crippen molar-refractivity contribution in [1.29, 1.82) is 0 Å². The van der Waals surface area contributed by atoms with Crippen molar-refractivity contribution in [3.8, 4) is 17.5 Å². The lowest BCUT2D eigenvalue weighted by atomic mass is 10.2. The summed E-state index contributed by atoms with van der Waals surface area (Å²) in [6.45, 7) is 7.55. The van der Waals surface area contributed by atoms with E-state index >= 15 is 0 Å². The Labute approximate surface area is 167 Å². The summed E-state index contributed by atoms with van der Waals surface area (Å²) in [5.41, 5.74) is 1.15. The first-order chi connectivity index (χ1) is 13.3. The van der Waals surface area contributed by atoms with E-state index in [-0.39, 0.29) is 30.4 Å². The van der Waals surface area contributed by atoms with Gasteiger partial charge in [0.15, 0.2) is 17.2 Å². The van der Waals surface area contributed by atoms with E-state index in [1.807, 2.05) is 20.8 Å². The lowest BCUT2D eigenvalue weighted by molar-refractivity contribution is -0.119. The van der Waals surface area contributed by atoms with E-state index in [1.165, 1.54) is 19.3 Å². The van der Waals surface area contributed by atoms with E-state index in [9.17, 15) is 4.79 Å². The summed E-state index contributed by atoms with van der Waals surface area (Å²) in [5, 5.41) is 3.04. The predicted molar refractivity (Wildman–Crippen MR) is 104 cm³/mol. The molecule has 28 heavy (non-hydrogen) atoms. The van der Waals surface area contributed by atoms with Crippen molar-refractivity contribution >= 4 is 28.6 Å². The standard InChI is InChI=1S/C19H21ClN4O4/c1-10(2)19-24-13-5-6-14(17(20)18(13)28-19)27-16-8-21-15(7-22-16)26-9-11(3)23-12(4)25/h5-8,10-11H,9H2,1-4H3,(H,23,25)/t11-/m0/s1. The van der Waals surface area contributed by atoms with Gasteiger partial charge in [-0.3, -0.25) is 4.79 Å². The van der Waals surface area contributed by atoms with Crippen LogP contribution in [0.1, 0.15) is 39.5 Å². The van der Waals surface area contributed by atoms with Gasteiger partial charge in [0.25, 0.3) is 0 Å². The van der Waals surface area contributed by atoms with Gasteiger partial charge in [-0.05, 0) is 19.1 Å². The van der Waals surface area contributed by atoms with E-state index in [2.05, 4.69) is 20.3 Å². The number of fused-ring (bicyclic) bond motifs is 1. The molecule has 0 unspecified atom stereocenters. The van der Waals surface area contributed by atoms with E-state index in [1.54, 1.807) is 12.1 Å². The fourth-order valence-electron chi connectivity index (χ4n) is 2.43. The van der Waals surface area contributed by atoms with Crippen molar-refractivity contribution in [3.05, 3.63) is 35.4 Å². The van der Waals surface area contributed by atoms with Crippen LogP contribution in [0.15, 0.2) is 28.9 Å². The number of hydrogen-bond acceptors (Lipinski definition) is 7. The van der Waals surface area contributed by atoms with E-state index in [4.69, 9.17) is 25.5 Å². The van der Waals surface area contributed by atoms with Crippen LogP contribution in [0.25, 0.3) is 11.1 Å². The normalized spacial score (nSPS) is 12.2. The summed E-state index contributed by atoms with van der Waals surface area (Å²) < 4.78 is 16.9. The minimum Gasteiger partial charge on any atom is -0.474 e. The highest BCUT2D eigenvalue weighted by Crippen LogP contribution is 2.36. The third-order valence-corrected chi connectivity index (χ3v) is 4.08. The SMILES string of the molecule is CC(=O)N[C@@H](C)COc1cnc(Oc2ccc3nc(C(C)C)oc3c2Cl)cn1. The smallest absolute Gasteiger partial charge is 0.238 e. The molecule has 0 radical (unpaired) electrons. The Bertz CT molecular complexity index is 972. The molecule has 0 aliphatic heterocycles. The zero-order valence-electron chi connectivity index (χ0n) is 16.0. The maximum absolute atomic E-state index is 11.0. The highest BCUT2D eigenvalue weighted by atomic mass is 35.5. The average Bonchev–Trinajstić information content (AvgIpc) is 3.08. The summed E-state index contributed by atoms with van der Waals surface area (Å²) in [4.78, 5) is 23.7. The third kappa shape index (κ3) is 4.69. The molecule has 0 saturated heterocycles. The number of nitrogens with zero attached hydrogens (tertiary/aromatic N) is 3. The van der Waals surface area contributed by atoms with Crippen molar-refractivity contribution in [3.63, 3.8) is 0 Å². The molecular weight excluding hydrogens is 384 g/mol. The number of amides is 1. The van der Waals surface area contributed by atoms with Crippen LogP contribution in [-0.2, 0) is 4.79 Å². The zero-order valence-corrected chi connectivity index (χ0v) is 16.8. The highest BCUT2D eigenvalue weighted by molar-refractivity contribution is 6.36. The van der Waals surface area contributed by atoms with Crippen molar-refractivity contribution in [2.24, 2.45) is 0 Å². The molecule has 148 valence electrons. The van der Waals surface area contributed by atoms with Crippen LogP contribution in [0, 0.1) is 0 Å². The summed E-state index contributed by atoms with van der Waals surface area (Å²) in [5.74, 6) is 1.62. The second-order valence-corrected chi connectivity index (χ2v) is 7.02. The van der Waals surface area contributed by atoms with Gasteiger partial charge < -0.3 is 19.2 Å². The number of oxazole rings is 1. The lowest BCUT2D eigenvalue weighted by Gasteiger charge is -2.13. The number of ether oxygens (including phenoxy) is 2. The van der Waals surface area contributed by atoms with Crippen LogP contribution >= 0.6 is 11.6 Å². The van der Waals surface area contributed by atoms with Crippen LogP contribution in [0.2, 0.25) is 5.02 Å². The Balaban J connectivity index is 1.68. The molecule has 0 spiro atoms. The van der Waals surface area contributed by atoms with Gasteiger partial charge in [0.2, 0.25) is 17.7 Å². The van der Waals surface area contributed by atoms with Gasteiger partial charge in [-0.25, -0.2) is 15.0 Å². The van der Waals surface area contributed by atoms with Crippen LogP contribution in [0.3, 0.4) is 0 Å². The molecule has 2 aromatic heterocycles. The molecule has 0 aliphatic rings. The Hall–Kier alpha value is -2.87. The number of carbonyl (C=O) groups is 1. The second-order valence-electron chi connectivity index (χ2n) is 6.64. The van der Waals surface area contributed by atoms with Crippen molar-refractivity contribution in [2.75, 3.05) is 6.61 Å². The first-order valence-corrected chi connectivity index (χ1v) is 9.20. The maximum atomic E-state index is 11.0. The Morgan fingerprint density at radius 2 is 1.93 bits per heavy atom. The van der Waals surface area contributed by atoms with Crippen molar-refractivity contribution in [2.45, 2.75) is 39.7 Å². The molecule has 3 rings (SSSR count). The number of hydrogen-bond donors (Lipinski definition) is 1. The van der Waals surface area contributed by atoms with Crippen LogP contribution in [-0.4, -0.2) is 33.5 Å². The monoisotopic (exact) mass is 404 g/mol. The number of benzene rings is 1. The molecule has 2 heterocycles. The molecule has 1 N–H and O–H groups in total. The number of carbonyl (C=O) groups excluding carboxylic acids is 1. The third-order valence-electron chi connectivity index (χ3n) is 3.72. The first kappa shape index (κ1) is 19.9. The van der Waals surface area contributed by atoms with Gasteiger partial charge in [0, 0.05) is 12.8 Å². The highest BCUT2D eigenvalue weighted by Gasteiger charge is 2.16. The number of halogens is 1. The molecular formula is C19H21ClN4O4. The molecule has 9 heteroatoms. The van der Waals surface area contributed by atoms with Crippen LogP contribution in [0.4, 0.5) is 0 Å². The fraction of sp³-hybridized carbons (Fsp3) is 0.368. The van der Waals surface area contributed by atoms with Gasteiger partial charge in [-0.1, -0.05) is 25.4 Å². The fourth-order valence-corrected chi connectivity index (χ4v) is 2.67. The predicted octanol–water partition coefficient (Wildman–Crippen LogP) is 4.09. The zero-order chi connectivity index (χ0) is 20.3. The molecule has 1 aromatic carbocycles.